The number of benzene rings is 1. The first kappa shape index (κ1) is 23.2. The lowest BCUT2D eigenvalue weighted by Gasteiger charge is -2.16. The van der Waals surface area contributed by atoms with Crippen molar-refractivity contribution in [3.05, 3.63) is 53.7 Å². The van der Waals surface area contributed by atoms with Crippen LogP contribution in [0.15, 0.2) is 41.9 Å². The highest BCUT2D eigenvalue weighted by Gasteiger charge is 2.58. The molecule has 180 valence electrons. The van der Waals surface area contributed by atoms with Crippen LogP contribution in [-0.4, -0.2) is 55.0 Å². The third kappa shape index (κ3) is 4.55. The van der Waals surface area contributed by atoms with E-state index in [1.807, 2.05) is 11.6 Å². The number of nitrogens with zero attached hydrogens (tertiary/aromatic N) is 6. The quantitative estimate of drug-likeness (QED) is 0.269. The van der Waals surface area contributed by atoms with E-state index in [4.69, 9.17) is 0 Å². The average Bonchev–Trinajstić information content (AvgIpc) is 3.14. The number of alkyl halides is 3. The second-order valence-electron chi connectivity index (χ2n) is 9.04. The second kappa shape index (κ2) is 8.92. The number of likely N-dealkylation sites (tertiary alicyclic amines) is 1. The summed E-state index contributed by atoms with van der Waals surface area (Å²) in [5, 5.41) is 9.29. The van der Waals surface area contributed by atoms with Gasteiger partial charge in [-0.2, -0.15) is 13.2 Å². The van der Waals surface area contributed by atoms with Crippen molar-refractivity contribution in [3.63, 3.8) is 0 Å². The standard InChI is InChI=1S/C23H24F4N6S/c1-32-20(19-13-28-6-7-29-19)30-31-21(32)34-10-2-8-33-9-5-22(14-33)12-17(22)16-4-3-15(11-18(16)24)23(25,26)27/h3-4,6-7,11,13,17H,2,5,8-10,12,14H2,1H3/t17-,22?/m1/s1. The van der Waals surface area contributed by atoms with Gasteiger partial charge in [-0.3, -0.25) is 4.98 Å². The van der Waals surface area contributed by atoms with Crippen molar-refractivity contribution >= 4 is 11.8 Å². The zero-order valence-electron chi connectivity index (χ0n) is 18.6. The molecule has 34 heavy (non-hydrogen) atoms. The Labute approximate surface area is 198 Å². The molecule has 5 rings (SSSR count). The van der Waals surface area contributed by atoms with Gasteiger partial charge in [-0.1, -0.05) is 17.8 Å². The molecule has 11 heteroatoms. The fraction of sp³-hybridized carbons (Fsp3) is 0.478. The van der Waals surface area contributed by atoms with Crippen LogP contribution in [0.2, 0.25) is 0 Å². The Kier molecular flexibility index (Phi) is 6.09. The van der Waals surface area contributed by atoms with Gasteiger partial charge >= 0.3 is 6.18 Å². The van der Waals surface area contributed by atoms with Gasteiger partial charge < -0.3 is 9.47 Å². The first-order chi connectivity index (χ1) is 16.3. The SMILES string of the molecule is Cn1c(SCCCN2CCC3(C[C@@H]3c3ccc(C(F)(F)F)cc3F)C2)nnc1-c1cnccn1. The maximum absolute atomic E-state index is 14.4. The molecule has 1 saturated carbocycles. The van der Waals surface area contributed by atoms with Crippen molar-refractivity contribution < 1.29 is 17.6 Å². The number of thioether (sulfide) groups is 1. The van der Waals surface area contributed by atoms with E-state index in [0.29, 0.717) is 23.1 Å². The number of rotatable bonds is 7. The molecular formula is C23H24F4N6S. The van der Waals surface area contributed by atoms with Crippen molar-refractivity contribution in [2.45, 2.75) is 36.5 Å². The van der Waals surface area contributed by atoms with Gasteiger partial charge in [0, 0.05) is 31.7 Å². The van der Waals surface area contributed by atoms with Crippen LogP contribution in [0.25, 0.3) is 11.5 Å². The van der Waals surface area contributed by atoms with E-state index in [1.165, 1.54) is 6.07 Å². The molecule has 3 aromatic rings. The zero-order chi connectivity index (χ0) is 23.9. The largest absolute Gasteiger partial charge is 0.416 e. The maximum atomic E-state index is 14.4. The van der Waals surface area contributed by atoms with E-state index < -0.39 is 17.6 Å². The summed E-state index contributed by atoms with van der Waals surface area (Å²) in [5.41, 5.74) is 0.172. The molecule has 1 aliphatic carbocycles. The van der Waals surface area contributed by atoms with E-state index in [9.17, 15) is 17.6 Å². The molecule has 0 bridgehead atoms. The van der Waals surface area contributed by atoms with Gasteiger partial charge in [-0.25, -0.2) is 9.37 Å². The van der Waals surface area contributed by atoms with Crippen LogP contribution >= 0.6 is 11.8 Å². The molecule has 1 aliphatic heterocycles. The molecule has 0 radical (unpaired) electrons. The van der Waals surface area contributed by atoms with Crippen molar-refractivity contribution in [1.29, 1.82) is 0 Å². The van der Waals surface area contributed by atoms with Crippen LogP contribution in [0.3, 0.4) is 0 Å². The normalized spacial score (nSPS) is 22.6. The minimum Gasteiger partial charge on any atom is -0.304 e. The third-order valence-electron chi connectivity index (χ3n) is 6.83. The monoisotopic (exact) mass is 492 g/mol. The Morgan fingerprint density at radius 1 is 1.21 bits per heavy atom. The average molecular weight is 493 g/mol. The predicted molar refractivity (Wildman–Crippen MR) is 120 cm³/mol. The van der Waals surface area contributed by atoms with Crippen molar-refractivity contribution in [2.24, 2.45) is 12.5 Å². The molecule has 0 amide bonds. The molecule has 2 aliphatic rings. The van der Waals surface area contributed by atoms with Gasteiger partial charge in [0.25, 0.3) is 0 Å². The van der Waals surface area contributed by atoms with Gasteiger partial charge in [0.2, 0.25) is 0 Å². The third-order valence-corrected chi connectivity index (χ3v) is 7.94. The summed E-state index contributed by atoms with van der Waals surface area (Å²) in [4.78, 5) is 10.7. The summed E-state index contributed by atoms with van der Waals surface area (Å²) in [6, 6.07) is 2.96. The van der Waals surface area contributed by atoms with Crippen molar-refractivity contribution in [1.82, 2.24) is 29.6 Å². The molecular weight excluding hydrogens is 468 g/mol. The van der Waals surface area contributed by atoms with Gasteiger partial charge in [0.05, 0.1) is 11.8 Å². The lowest BCUT2D eigenvalue weighted by Crippen LogP contribution is -2.23. The van der Waals surface area contributed by atoms with Crippen LogP contribution in [0.4, 0.5) is 17.6 Å². The second-order valence-corrected chi connectivity index (χ2v) is 10.1. The summed E-state index contributed by atoms with van der Waals surface area (Å²) in [6.45, 7) is 2.72. The van der Waals surface area contributed by atoms with Gasteiger partial charge in [0.15, 0.2) is 11.0 Å². The highest BCUT2D eigenvalue weighted by atomic mass is 32.2. The lowest BCUT2D eigenvalue weighted by atomic mass is 9.97. The molecule has 1 saturated heterocycles. The molecule has 1 spiro atoms. The number of halogens is 4. The Hall–Kier alpha value is -2.53. The molecule has 3 heterocycles. The molecule has 1 aromatic carbocycles. The molecule has 1 unspecified atom stereocenters. The van der Waals surface area contributed by atoms with Crippen LogP contribution in [0.1, 0.15) is 36.3 Å². The Morgan fingerprint density at radius 2 is 2.06 bits per heavy atom. The van der Waals surface area contributed by atoms with Crippen LogP contribution < -0.4 is 0 Å². The fourth-order valence-electron chi connectivity index (χ4n) is 4.93. The molecule has 2 aromatic heterocycles. The number of hydrogen-bond donors (Lipinski definition) is 0. The first-order valence-corrected chi connectivity index (χ1v) is 12.1. The van der Waals surface area contributed by atoms with Gasteiger partial charge in [-0.05, 0) is 61.4 Å². The van der Waals surface area contributed by atoms with Crippen LogP contribution in [-0.2, 0) is 13.2 Å². The maximum Gasteiger partial charge on any atom is 0.416 e. The zero-order valence-corrected chi connectivity index (χ0v) is 19.4. The van der Waals surface area contributed by atoms with Crippen LogP contribution in [0.5, 0.6) is 0 Å². The van der Waals surface area contributed by atoms with Crippen molar-refractivity contribution in [3.8, 4) is 11.5 Å². The first-order valence-electron chi connectivity index (χ1n) is 11.1. The Bertz CT molecular complexity index is 1170. The topological polar surface area (TPSA) is 59.7 Å². The van der Waals surface area contributed by atoms with E-state index >= 15 is 0 Å². The van der Waals surface area contributed by atoms with Crippen molar-refractivity contribution in [2.75, 3.05) is 25.4 Å². The molecule has 2 fully saturated rings. The summed E-state index contributed by atoms with van der Waals surface area (Å²) >= 11 is 1.64. The number of aromatic nitrogens is 5. The lowest BCUT2D eigenvalue weighted by molar-refractivity contribution is -0.137. The highest BCUT2D eigenvalue weighted by molar-refractivity contribution is 7.99. The van der Waals surface area contributed by atoms with E-state index in [2.05, 4.69) is 25.1 Å². The van der Waals surface area contributed by atoms with E-state index in [1.54, 1.807) is 30.4 Å². The Balaban J connectivity index is 1.11. The summed E-state index contributed by atoms with van der Waals surface area (Å²) in [7, 11) is 1.91. The summed E-state index contributed by atoms with van der Waals surface area (Å²) in [6.07, 6.45) is 3.13. The van der Waals surface area contributed by atoms with Crippen LogP contribution in [0, 0.1) is 11.2 Å². The Morgan fingerprint density at radius 3 is 2.79 bits per heavy atom. The van der Waals surface area contributed by atoms with E-state index in [-0.39, 0.29) is 11.3 Å². The number of hydrogen-bond acceptors (Lipinski definition) is 6. The molecule has 0 N–H and O–H groups in total. The summed E-state index contributed by atoms with van der Waals surface area (Å²) < 4.78 is 54.8. The summed E-state index contributed by atoms with van der Waals surface area (Å²) in [5.74, 6) is 0.822. The minimum atomic E-state index is -4.52. The predicted octanol–water partition coefficient (Wildman–Crippen LogP) is 4.79. The van der Waals surface area contributed by atoms with E-state index in [0.717, 1.165) is 55.9 Å². The molecule has 6 nitrogen and oxygen atoms in total. The highest BCUT2D eigenvalue weighted by Crippen LogP contribution is 2.64. The molecule has 2 atom stereocenters. The van der Waals surface area contributed by atoms with Gasteiger partial charge in [0.1, 0.15) is 11.5 Å². The smallest absolute Gasteiger partial charge is 0.304 e. The van der Waals surface area contributed by atoms with Gasteiger partial charge in [-0.15, -0.1) is 10.2 Å². The minimum absolute atomic E-state index is 0.00292. The fourth-order valence-corrected chi connectivity index (χ4v) is 5.76.